The van der Waals surface area contributed by atoms with E-state index in [-0.39, 0.29) is 36.8 Å². The van der Waals surface area contributed by atoms with Gasteiger partial charge in [-0.3, -0.25) is 9.78 Å². The molecule has 2 aromatic rings. The first kappa shape index (κ1) is 18.9. The van der Waals surface area contributed by atoms with E-state index in [1.165, 1.54) is 0 Å². The van der Waals surface area contributed by atoms with Gasteiger partial charge in [-0.25, -0.2) is 0 Å². The molecule has 4 nitrogen and oxygen atoms in total. The highest BCUT2D eigenvalue weighted by molar-refractivity contribution is 7.08. The summed E-state index contributed by atoms with van der Waals surface area (Å²) < 4.78 is 0. The highest BCUT2D eigenvalue weighted by atomic mass is 35.5. The Morgan fingerprint density at radius 3 is 2.77 bits per heavy atom. The van der Waals surface area contributed by atoms with Gasteiger partial charge in [0, 0.05) is 23.5 Å². The Kier molecular flexibility index (Phi) is 7.29. The molecule has 2 aromatic heterocycles. The molecule has 3 rings (SSSR count). The molecule has 0 radical (unpaired) electrons. The van der Waals surface area contributed by atoms with E-state index in [4.69, 9.17) is 0 Å². The van der Waals surface area contributed by atoms with E-state index >= 15 is 0 Å². The quantitative estimate of drug-likeness (QED) is 0.885. The van der Waals surface area contributed by atoms with Crippen molar-refractivity contribution >= 4 is 42.1 Å². The number of aryl methyl sites for hydroxylation is 1. The Hall–Kier alpha value is -1.14. The first-order valence-electron chi connectivity index (χ1n) is 6.76. The molecule has 1 aliphatic rings. The molecule has 2 N–H and O–H groups in total. The molecule has 22 heavy (non-hydrogen) atoms. The standard InChI is InChI=1S/C15H17N3OS.2ClH/c1-10-13(15(19)18-12-4-6-16-8-12)2-3-14(17-10)11-5-7-20-9-11;;/h2-3,5,7,9,12,16H,4,6,8H2,1H3,(H,18,19);2*1H. The number of carbonyl (C=O) groups excluding carboxylic acids is 1. The Labute approximate surface area is 146 Å². The number of nitrogens with one attached hydrogen (secondary N) is 2. The van der Waals surface area contributed by atoms with Gasteiger partial charge in [0.1, 0.15) is 0 Å². The Morgan fingerprint density at radius 1 is 1.36 bits per heavy atom. The summed E-state index contributed by atoms with van der Waals surface area (Å²) in [6, 6.07) is 6.05. The third-order valence-corrected chi connectivity index (χ3v) is 4.23. The molecule has 7 heteroatoms. The average molecular weight is 360 g/mol. The topological polar surface area (TPSA) is 54.0 Å². The lowest BCUT2D eigenvalue weighted by Gasteiger charge is -2.12. The van der Waals surface area contributed by atoms with Gasteiger partial charge in [-0.2, -0.15) is 11.3 Å². The molecule has 1 amide bonds. The molecule has 1 aliphatic heterocycles. The van der Waals surface area contributed by atoms with Gasteiger partial charge in [-0.1, -0.05) is 0 Å². The van der Waals surface area contributed by atoms with Crippen LogP contribution in [0.15, 0.2) is 29.0 Å². The summed E-state index contributed by atoms with van der Waals surface area (Å²) in [5.41, 5.74) is 3.46. The predicted molar refractivity (Wildman–Crippen MR) is 95.5 cm³/mol. The summed E-state index contributed by atoms with van der Waals surface area (Å²) in [6.45, 7) is 3.71. The molecule has 0 saturated carbocycles. The van der Waals surface area contributed by atoms with Crippen LogP contribution in [0.1, 0.15) is 22.5 Å². The van der Waals surface area contributed by atoms with Crippen LogP contribution in [-0.4, -0.2) is 30.0 Å². The van der Waals surface area contributed by atoms with Crippen LogP contribution in [0.3, 0.4) is 0 Å². The second-order valence-electron chi connectivity index (χ2n) is 5.00. The van der Waals surface area contributed by atoms with Crippen molar-refractivity contribution in [1.82, 2.24) is 15.6 Å². The van der Waals surface area contributed by atoms with E-state index in [2.05, 4.69) is 21.0 Å². The maximum absolute atomic E-state index is 12.2. The Morgan fingerprint density at radius 2 is 2.18 bits per heavy atom. The number of hydrogen-bond donors (Lipinski definition) is 2. The largest absolute Gasteiger partial charge is 0.348 e. The zero-order chi connectivity index (χ0) is 13.9. The molecular formula is C15H19Cl2N3OS. The number of pyridine rings is 1. The minimum atomic E-state index is -0.0273. The smallest absolute Gasteiger partial charge is 0.253 e. The second kappa shape index (κ2) is 8.48. The number of aromatic nitrogens is 1. The zero-order valence-corrected chi connectivity index (χ0v) is 14.6. The third kappa shape index (κ3) is 4.20. The van der Waals surface area contributed by atoms with Gasteiger partial charge in [-0.05, 0) is 43.5 Å². The zero-order valence-electron chi connectivity index (χ0n) is 12.2. The fourth-order valence-corrected chi connectivity index (χ4v) is 3.06. The average Bonchev–Trinajstić information content (AvgIpc) is 3.11. The van der Waals surface area contributed by atoms with Crippen LogP contribution >= 0.6 is 36.2 Å². The normalized spacial score (nSPS) is 16.5. The molecule has 0 bridgehead atoms. The summed E-state index contributed by atoms with van der Waals surface area (Å²) in [5, 5.41) is 10.4. The van der Waals surface area contributed by atoms with Crippen LogP contribution < -0.4 is 10.6 Å². The van der Waals surface area contributed by atoms with Crippen molar-refractivity contribution in [2.75, 3.05) is 13.1 Å². The number of carbonyl (C=O) groups is 1. The number of nitrogens with zero attached hydrogens (tertiary/aromatic N) is 1. The second-order valence-corrected chi connectivity index (χ2v) is 5.78. The van der Waals surface area contributed by atoms with Gasteiger partial charge in [0.25, 0.3) is 5.91 Å². The van der Waals surface area contributed by atoms with Crippen molar-refractivity contribution in [3.63, 3.8) is 0 Å². The van der Waals surface area contributed by atoms with E-state index < -0.39 is 0 Å². The maximum atomic E-state index is 12.2. The maximum Gasteiger partial charge on any atom is 0.253 e. The van der Waals surface area contributed by atoms with Gasteiger partial charge in [0.2, 0.25) is 0 Å². The van der Waals surface area contributed by atoms with E-state index in [0.29, 0.717) is 5.56 Å². The van der Waals surface area contributed by atoms with Crippen LogP contribution in [-0.2, 0) is 0 Å². The van der Waals surface area contributed by atoms with E-state index in [1.54, 1.807) is 11.3 Å². The number of halogens is 2. The minimum absolute atomic E-state index is 0. The highest BCUT2D eigenvalue weighted by Crippen LogP contribution is 2.21. The van der Waals surface area contributed by atoms with Crippen molar-refractivity contribution in [3.8, 4) is 11.3 Å². The molecular weight excluding hydrogens is 341 g/mol. The van der Waals surface area contributed by atoms with E-state index in [9.17, 15) is 4.79 Å². The number of hydrogen-bond acceptors (Lipinski definition) is 4. The molecule has 0 aromatic carbocycles. The molecule has 120 valence electrons. The van der Waals surface area contributed by atoms with Gasteiger partial charge < -0.3 is 10.6 Å². The van der Waals surface area contributed by atoms with Crippen molar-refractivity contribution in [2.24, 2.45) is 0 Å². The fraction of sp³-hybridized carbons (Fsp3) is 0.333. The van der Waals surface area contributed by atoms with Crippen LogP contribution in [0.2, 0.25) is 0 Å². The summed E-state index contributed by atoms with van der Waals surface area (Å²) in [6.07, 6.45) is 0.991. The number of amides is 1. The molecule has 1 fully saturated rings. The van der Waals surface area contributed by atoms with Crippen LogP contribution in [0.5, 0.6) is 0 Å². The summed E-state index contributed by atoms with van der Waals surface area (Å²) in [7, 11) is 0. The first-order valence-corrected chi connectivity index (χ1v) is 7.70. The van der Waals surface area contributed by atoms with Crippen LogP contribution in [0, 0.1) is 6.92 Å². The highest BCUT2D eigenvalue weighted by Gasteiger charge is 2.19. The predicted octanol–water partition coefficient (Wildman–Crippen LogP) is 3.05. The Balaban J connectivity index is 0.00000121. The van der Waals surface area contributed by atoms with Gasteiger partial charge in [-0.15, -0.1) is 24.8 Å². The van der Waals surface area contributed by atoms with Gasteiger partial charge >= 0.3 is 0 Å². The van der Waals surface area contributed by atoms with Gasteiger partial charge in [0.05, 0.1) is 17.0 Å². The third-order valence-electron chi connectivity index (χ3n) is 3.54. The lowest BCUT2D eigenvalue weighted by Crippen LogP contribution is -2.36. The molecule has 3 heterocycles. The molecule has 0 aliphatic carbocycles. The Bertz CT molecular complexity index is 613. The van der Waals surface area contributed by atoms with Crippen LogP contribution in [0.4, 0.5) is 0 Å². The lowest BCUT2D eigenvalue weighted by atomic mass is 10.1. The van der Waals surface area contributed by atoms with Gasteiger partial charge in [0.15, 0.2) is 0 Å². The van der Waals surface area contributed by atoms with E-state index in [0.717, 1.165) is 36.5 Å². The summed E-state index contributed by atoms with van der Waals surface area (Å²) >= 11 is 1.65. The molecule has 1 unspecified atom stereocenters. The fourth-order valence-electron chi connectivity index (χ4n) is 2.41. The van der Waals surface area contributed by atoms with Crippen molar-refractivity contribution < 1.29 is 4.79 Å². The SMILES string of the molecule is Cc1nc(-c2ccsc2)ccc1C(=O)NC1CCNC1.Cl.Cl. The lowest BCUT2D eigenvalue weighted by molar-refractivity contribution is 0.0939. The van der Waals surface area contributed by atoms with Crippen molar-refractivity contribution in [2.45, 2.75) is 19.4 Å². The van der Waals surface area contributed by atoms with Crippen molar-refractivity contribution in [3.05, 3.63) is 40.2 Å². The molecule has 0 spiro atoms. The van der Waals surface area contributed by atoms with E-state index in [1.807, 2.05) is 30.5 Å². The number of thiophene rings is 1. The monoisotopic (exact) mass is 359 g/mol. The van der Waals surface area contributed by atoms with Crippen LogP contribution in [0.25, 0.3) is 11.3 Å². The summed E-state index contributed by atoms with van der Waals surface area (Å²) in [4.78, 5) is 16.8. The molecule has 1 saturated heterocycles. The first-order chi connectivity index (χ1) is 9.74. The minimum Gasteiger partial charge on any atom is -0.348 e. The van der Waals surface area contributed by atoms with Crippen molar-refractivity contribution in [1.29, 1.82) is 0 Å². The molecule has 1 atom stereocenters. The summed E-state index contributed by atoms with van der Waals surface area (Å²) in [5.74, 6) is -0.0273. The number of rotatable bonds is 3.